The predicted octanol–water partition coefficient (Wildman–Crippen LogP) is 0.444. The van der Waals surface area contributed by atoms with Crippen LogP contribution in [0.25, 0.3) is 0 Å². The molecule has 0 bridgehead atoms. The van der Waals surface area contributed by atoms with Gasteiger partial charge in [-0.25, -0.2) is 4.98 Å². The van der Waals surface area contributed by atoms with Crippen molar-refractivity contribution in [2.75, 3.05) is 19.6 Å². The maximum absolute atomic E-state index is 10.5. The number of nitro groups is 1. The van der Waals surface area contributed by atoms with Crippen molar-refractivity contribution < 1.29 is 4.92 Å². The molecular formula is C11H11N5O2. The van der Waals surface area contributed by atoms with Crippen molar-refractivity contribution in [3.05, 3.63) is 39.7 Å². The van der Waals surface area contributed by atoms with Crippen LogP contribution in [-0.2, 0) is 6.54 Å². The van der Waals surface area contributed by atoms with E-state index >= 15 is 0 Å². The van der Waals surface area contributed by atoms with Crippen molar-refractivity contribution in [1.82, 2.24) is 9.88 Å². The summed E-state index contributed by atoms with van der Waals surface area (Å²) in [5.41, 5.74) is 1.27. The zero-order valence-corrected chi connectivity index (χ0v) is 9.61. The molecule has 1 aliphatic heterocycles. The number of nitriles is 1. The van der Waals surface area contributed by atoms with Crippen molar-refractivity contribution in [1.29, 1.82) is 5.26 Å². The van der Waals surface area contributed by atoms with Crippen LogP contribution >= 0.6 is 0 Å². The van der Waals surface area contributed by atoms with Gasteiger partial charge in [-0.2, -0.15) is 5.26 Å². The van der Waals surface area contributed by atoms with Crippen LogP contribution in [0.15, 0.2) is 23.3 Å². The molecule has 0 aromatic carbocycles. The Morgan fingerprint density at radius 3 is 3.00 bits per heavy atom. The molecular weight excluding hydrogens is 234 g/mol. The van der Waals surface area contributed by atoms with Crippen LogP contribution in [0.5, 0.6) is 0 Å². The summed E-state index contributed by atoms with van der Waals surface area (Å²) in [7, 11) is 0. The molecule has 0 unspecified atom stereocenters. The quantitative estimate of drug-likeness (QED) is 0.566. The molecule has 18 heavy (non-hydrogen) atoms. The van der Waals surface area contributed by atoms with Crippen LogP contribution in [0.2, 0.25) is 0 Å². The molecule has 1 aromatic heterocycles. The standard InChI is InChI=1S/C11H11N5O2/c12-5-10-2-1-9(6-14-10)7-15-4-3-13-11(15)8-16(17)18/h1-2,6H,3-4,7-8H2. The van der Waals surface area contributed by atoms with Gasteiger partial charge < -0.3 is 4.90 Å². The highest BCUT2D eigenvalue weighted by atomic mass is 16.6. The van der Waals surface area contributed by atoms with Crippen LogP contribution in [0.4, 0.5) is 0 Å². The first-order chi connectivity index (χ1) is 8.69. The molecule has 0 aliphatic carbocycles. The Morgan fingerprint density at radius 1 is 1.56 bits per heavy atom. The van der Waals surface area contributed by atoms with Gasteiger partial charge in [-0.1, -0.05) is 6.07 Å². The largest absolute Gasteiger partial charge is 0.349 e. The lowest BCUT2D eigenvalue weighted by molar-refractivity contribution is -0.464. The van der Waals surface area contributed by atoms with E-state index in [1.54, 1.807) is 18.3 Å². The Hall–Kier alpha value is -2.49. The molecule has 0 atom stereocenters. The third-order valence-corrected chi connectivity index (χ3v) is 2.61. The molecule has 0 radical (unpaired) electrons. The molecule has 2 rings (SSSR count). The van der Waals surface area contributed by atoms with Crippen LogP contribution in [0.3, 0.4) is 0 Å². The van der Waals surface area contributed by atoms with Crippen molar-refractivity contribution in [2.45, 2.75) is 6.54 Å². The van der Waals surface area contributed by atoms with E-state index in [1.165, 1.54) is 0 Å². The van der Waals surface area contributed by atoms with E-state index in [1.807, 2.05) is 11.0 Å². The van der Waals surface area contributed by atoms with Crippen LogP contribution in [0, 0.1) is 21.4 Å². The smallest absolute Gasteiger partial charge is 0.260 e. The summed E-state index contributed by atoms with van der Waals surface area (Å²) < 4.78 is 0. The maximum Gasteiger partial charge on any atom is 0.260 e. The maximum atomic E-state index is 10.5. The topological polar surface area (TPSA) is 95.4 Å². The van der Waals surface area contributed by atoms with Crippen molar-refractivity contribution >= 4 is 5.84 Å². The second-order valence-corrected chi connectivity index (χ2v) is 3.87. The second kappa shape index (κ2) is 5.23. The minimum Gasteiger partial charge on any atom is -0.349 e. The molecule has 7 heteroatoms. The number of aromatic nitrogens is 1. The fourth-order valence-electron chi connectivity index (χ4n) is 1.77. The van der Waals surface area contributed by atoms with E-state index < -0.39 is 0 Å². The molecule has 1 aliphatic rings. The van der Waals surface area contributed by atoms with Crippen molar-refractivity contribution in [2.24, 2.45) is 4.99 Å². The molecule has 0 saturated heterocycles. The van der Waals surface area contributed by atoms with E-state index in [2.05, 4.69) is 9.98 Å². The van der Waals surface area contributed by atoms with E-state index in [9.17, 15) is 10.1 Å². The Labute approximate surface area is 104 Å². The first-order valence-corrected chi connectivity index (χ1v) is 5.44. The van der Waals surface area contributed by atoms with Crippen LogP contribution < -0.4 is 0 Å². The summed E-state index contributed by atoms with van der Waals surface area (Å²) >= 11 is 0. The van der Waals surface area contributed by atoms with Crippen molar-refractivity contribution in [3.8, 4) is 6.07 Å². The Bertz CT molecular complexity index is 517. The van der Waals surface area contributed by atoms with Gasteiger partial charge in [-0.3, -0.25) is 15.1 Å². The van der Waals surface area contributed by atoms with E-state index in [0.29, 0.717) is 31.2 Å². The van der Waals surface area contributed by atoms with E-state index in [0.717, 1.165) is 5.56 Å². The normalized spacial score (nSPS) is 14.2. The molecule has 0 N–H and O–H groups in total. The van der Waals surface area contributed by atoms with E-state index in [-0.39, 0.29) is 11.5 Å². The Balaban J connectivity index is 2.02. The highest BCUT2D eigenvalue weighted by molar-refractivity contribution is 5.84. The number of rotatable bonds is 4. The summed E-state index contributed by atoms with van der Waals surface area (Å²) in [4.78, 5) is 20.1. The monoisotopic (exact) mass is 245 g/mol. The SMILES string of the molecule is N#Cc1ccc(CN2CCN=C2C[N+](=O)[O-])cn1. The Kier molecular flexibility index (Phi) is 3.48. The second-order valence-electron chi connectivity index (χ2n) is 3.87. The summed E-state index contributed by atoms with van der Waals surface area (Å²) in [6, 6.07) is 5.38. The number of nitrogens with zero attached hydrogens (tertiary/aromatic N) is 5. The number of hydrogen-bond acceptors (Lipinski definition) is 6. The first-order valence-electron chi connectivity index (χ1n) is 5.44. The van der Waals surface area contributed by atoms with Crippen LogP contribution in [-0.4, -0.2) is 40.3 Å². The minimum atomic E-state index is -0.381. The number of pyridine rings is 1. The molecule has 1 aromatic rings. The van der Waals surface area contributed by atoms with Crippen molar-refractivity contribution in [3.63, 3.8) is 0 Å². The van der Waals surface area contributed by atoms with Gasteiger partial charge in [-0.05, 0) is 11.6 Å². The van der Waals surface area contributed by atoms with Gasteiger partial charge in [0.2, 0.25) is 0 Å². The Morgan fingerprint density at radius 2 is 2.39 bits per heavy atom. The molecule has 2 heterocycles. The van der Waals surface area contributed by atoms with Gasteiger partial charge >= 0.3 is 0 Å². The molecule has 7 nitrogen and oxygen atoms in total. The fraction of sp³-hybridized carbons (Fsp3) is 0.364. The number of aliphatic imine (C=N–C) groups is 1. The third kappa shape index (κ3) is 2.79. The third-order valence-electron chi connectivity index (χ3n) is 2.61. The molecule has 0 fully saturated rings. The summed E-state index contributed by atoms with van der Waals surface area (Å²) in [5, 5.41) is 19.1. The molecule has 92 valence electrons. The number of amidine groups is 1. The van der Waals surface area contributed by atoms with Gasteiger partial charge in [0, 0.05) is 24.2 Å². The van der Waals surface area contributed by atoms with Gasteiger partial charge in [-0.15, -0.1) is 0 Å². The first kappa shape index (κ1) is 12.0. The van der Waals surface area contributed by atoms with Crippen LogP contribution in [0.1, 0.15) is 11.3 Å². The van der Waals surface area contributed by atoms with Gasteiger partial charge in [0.05, 0.1) is 6.54 Å². The summed E-state index contributed by atoms with van der Waals surface area (Å²) in [6.07, 6.45) is 1.61. The lowest BCUT2D eigenvalue weighted by Crippen LogP contribution is -2.32. The minimum absolute atomic E-state index is 0.246. The zero-order chi connectivity index (χ0) is 13.0. The summed E-state index contributed by atoms with van der Waals surface area (Å²) in [5.74, 6) is 0.504. The van der Waals surface area contributed by atoms with Gasteiger partial charge in [0.25, 0.3) is 6.54 Å². The van der Waals surface area contributed by atoms with Gasteiger partial charge in [0.1, 0.15) is 11.8 Å². The number of hydrogen-bond donors (Lipinski definition) is 0. The highest BCUT2D eigenvalue weighted by Crippen LogP contribution is 2.09. The average Bonchev–Trinajstić information content (AvgIpc) is 2.77. The zero-order valence-electron chi connectivity index (χ0n) is 9.61. The molecule has 0 saturated carbocycles. The lowest BCUT2D eigenvalue weighted by Gasteiger charge is -2.17. The highest BCUT2D eigenvalue weighted by Gasteiger charge is 2.21. The van der Waals surface area contributed by atoms with Gasteiger partial charge in [0.15, 0.2) is 5.84 Å². The fourth-order valence-corrected chi connectivity index (χ4v) is 1.77. The summed E-state index contributed by atoms with van der Waals surface area (Å²) in [6.45, 7) is 1.56. The average molecular weight is 245 g/mol. The molecule has 0 spiro atoms. The lowest BCUT2D eigenvalue weighted by atomic mass is 10.2. The predicted molar refractivity (Wildman–Crippen MR) is 63.5 cm³/mol. The molecule has 0 amide bonds. The van der Waals surface area contributed by atoms with E-state index in [4.69, 9.17) is 5.26 Å².